The van der Waals surface area contributed by atoms with E-state index in [1.165, 1.54) is 0 Å². The van der Waals surface area contributed by atoms with Gasteiger partial charge in [0.1, 0.15) is 0 Å². The maximum absolute atomic E-state index is 12.8. The van der Waals surface area contributed by atoms with Crippen molar-refractivity contribution in [2.45, 2.75) is 33.7 Å². The number of allylic oxidation sites excluding steroid dienone is 1. The van der Waals surface area contributed by atoms with E-state index < -0.39 is 24.0 Å². The van der Waals surface area contributed by atoms with E-state index in [4.69, 9.17) is 21.7 Å². The second-order valence-corrected chi connectivity index (χ2v) is 8.24. The maximum Gasteiger partial charge on any atom is 0.338 e. The Labute approximate surface area is 215 Å². The number of esters is 2. The fraction of sp³-hybridized carbons (Fsp3) is 0.308. The van der Waals surface area contributed by atoms with Gasteiger partial charge in [-0.2, -0.15) is 0 Å². The molecule has 2 amide bonds. The summed E-state index contributed by atoms with van der Waals surface area (Å²) < 4.78 is 10.3. The Morgan fingerprint density at radius 2 is 1.58 bits per heavy atom. The number of ether oxygens (including phenoxy) is 2. The molecule has 0 radical (unpaired) electrons. The van der Waals surface area contributed by atoms with Gasteiger partial charge in [0.25, 0.3) is 0 Å². The Bertz CT molecular complexity index is 1180. The van der Waals surface area contributed by atoms with Crippen LogP contribution in [0.4, 0.5) is 16.2 Å². The van der Waals surface area contributed by atoms with Gasteiger partial charge in [-0.1, -0.05) is 12.1 Å². The number of thiocarbonyl (C=S) groups is 1. The summed E-state index contributed by atoms with van der Waals surface area (Å²) in [4.78, 5) is 39.1. The number of amides is 2. The highest BCUT2D eigenvalue weighted by Crippen LogP contribution is 2.32. The van der Waals surface area contributed by atoms with Crippen LogP contribution in [0.2, 0.25) is 0 Å². The zero-order valence-corrected chi connectivity index (χ0v) is 21.5. The molecule has 1 aliphatic rings. The lowest BCUT2D eigenvalue weighted by Crippen LogP contribution is -2.47. The van der Waals surface area contributed by atoms with Crippen molar-refractivity contribution in [2.24, 2.45) is 0 Å². The molecule has 0 saturated heterocycles. The lowest BCUT2D eigenvalue weighted by molar-refractivity contribution is -0.139. The monoisotopic (exact) mass is 510 g/mol. The van der Waals surface area contributed by atoms with Crippen LogP contribution >= 0.6 is 12.2 Å². The average Bonchev–Trinajstić information content (AvgIpc) is 2.84. The smallest absolute Gasteiger partial charge is 0.338 e. The first-order valence-corrected chi connectivity index (χ1v) is 12.1. The van der Waals surface area contributed by atoms with Gasteiger partial charge >= 0.3 is 18.0 Å². The van der Waals surface area contributed by atoms with Crippen molar-refractivity contribution >= 4 is 46.7 Å². The fourth-order valence-electron chi connectivity index (χ4n) is 3.88. The van der Waals surface area contributed by atoms with Crippen LogP contribution in [0.25, 0.3) is 0 Å². The first-order chi connectivity index (χ1) is 17.3. The van der Waals surface area contributed by atoms with Gasteiger partial charge in [0, 0.05) is 23.6 Å². The molecule has 1 heterocycles. The molecule has 0 saturated carbocycles. The summed E-state index contributed by atoms with van der Waals surface area (Å²) in [7, 11) is 0. The topological polar surface area (TPSA) is 109 Å². The number of nitrogens with one attached hydrogen (secondary N) is 3. The molecule has 9 nitrogen and oxygen atoms in total. The lowest BCUT2D eigenvalue weighted by atomic mass is 9.94. The van der Waals surface area contributed by atoms with Crippen LogP contribution in [0, 0.1) is 0 Å². The van der Waals surface area contributed by atoms with Crippen molar-refractivity contribution in [1.82, 2.24) is 10.2 Å². The Hall–Kier alpha value is -3.92. The molecule has 10 heteroatoms. The van der Waals surface area contributed by atoms with Gasteiger partial charge in [0.05, 0.1) is 30.4 Å². The van der Waals surface area contributed by atoms with Crippen molar-refractivity contribution in [3.63, 3.8) is 0 Å². The zero-order chi connectivity index (χ0) is 26.2. The minimum atomic E-state index is -0.528. The number of anilines is 2. The van der Waals surface area contributed by atoms with Crippen LogP contribution in [0.5, 0.6) is 0 Å². The van der Waals surface area contributed by atoms with Gasteiger partial charge < -0.3 is 30.3 Å². The van der Waals surface area contributed by atoms with E-state index in [1.807, 2.05) is 24.8 Å². The number of hydrogen-bond acceptors (Lipinski definition) is 6. The maximum atomic E-state index is 12.8. The molecular weight excluding hydrogens is 480 g/mol. The highest BCUT2D eigenvalue weighted by atomic mass is 32.1. The Balaban J connectivity index is 1.77. The van der Waals surface area contributed by atoms with Crippen molar-refractivity contribution in [2.75, 3.05) is 30.4 Å². The third-order valence-corrected chi connectivity index (χ3v) is 5.88. The molecule has 36 heavy (non-hydrogen) atoms. The summed E-state index contributed by atoms with van der Waals surface area (Å²) in [5, 5.41) is 9.26. The quantitative estimate of drug-likeness (QED) is 0.349. The van der Waals surface area contributed by atoms with Crippen molar-refractivity contribution in [1.29, 1.82) is 0 Å². The molecule has 0 spiro atoms. The SMILES string of the molecule is CCOC(=O)C1=C(C)N(CC)C(=S)NC1c1cccc(NC(=O)Nc2ccc(C(=O)OCC)cc2)c1. The molecule has 1 unspecified atom stereocenters. The van der Waals surface area contributed by atoms with Crippen LogP contribution < -0.4 is 16.0 Å². The van der Waals surface area contributed by atoms with Gasteiger partial charge in [0.15, 0.2) is 5.11 Å². The Morgan fingerprint density at radius 1 is 0.944 bits per heavy atom. The first-order valence-electron chi connectivity index (χ1n) is 11.7. The fourth-order valence-corrected chi connectivity index (χ4v) is 4.26. The van der Waals surface area contributed by atoms with Crippen molar-refractivity contribution in [3.8, 4) is 0 Å². The number of carbonyl (C=O) groups is 3. The Morgan fingerprint density at radius 3 is 2.22 bits per heavy atom. The number of carbonyl (C=O) groups excluding carboxylic acids is 3. The summed E-state index contributed by atoms with van der Waals surface area (Å²) in [5.74, 6) is -0.842. The van der Waals surface area contributed by atoms with Crippen LogP contribution in [-0.4, -0.2) is 47.7 Å². The van der Waals surface area contributed by atoms with E-state index in [0.717, 1.165) is 11.3 Å². The predicted octanol–water partition coefficient (Wildman–Crippen LogP) is 4.60. The summed E-state index contributed by atoms with van der Waals surface area (Å²) in [5.41, 5.74) is 3.38. The van der Waals surface area contributed by atoms with Crippen molar-refractivity contribution in [3.05, 3.63) is 70.9 Å². The largest absolute Gasteiger partial charge is 0.463 e. The van der Waals surface area contributed by atoms with Gasteiger partial charge in [0.2, 0.25) is 0 Å². The van der Waals surface area contributed by atoms with Crippen LogP contribution in [0.3, 0.4) is 0 Å². The van der Waals surface area contributed by atoms with Crippen LogP contribution in [0.15, 0.2) is 59.8 Å². The van der Waals surface area contributed by atoms with E-state index in [9.17, 15) is 14.4 Å². The molecule has 1 aliphatic heterocycles. The van der Waals surface area contributed by atoms with Crippen LogP contribution in [-0.2, 0) is 14.3 Å². The summed E-state index contributed by atoms with van der Waals surface area (Å²) in [6.07, 6.45) is 0. The van der Waals surface area contributed by atoms with Crippen LogP contribution in [0.1, 0.15) is 49.7 Å². The van der Waals surface area contributed by atoms with E-state index in [-0.39, 0.29) is 13.2 Å². The summed E-state index contributed by atoms with van der Waals surface area (Å²) in [6, 6.07) is 12.6. The van der Waals surface area contributed by atoms with Gasteiger partial charge in [-0.05, 0) is 81.9 Å². The van der Waals surface area contributed by atoms with E-state index in [0.29, 0.717) is 34.2 Å². The van der Waals surface area contributed by atoms with E-state index in [1.54, 1.807) is 56.3 Å². The Kier molecular flexibility index (Phi) is 9.02. The highest BCUT2D eigenvalue weighted by molar-refractivity contribution is 7.80. The minimum absolute atomic E-state index is 0.251. The molecular formula is C26H30N4O5S. The van der Waals surface area contributed by atoms with Gasteiger partial charge in [-0.25, -0.2) is 14.4 Å². The molecule has 0 fully saturated rings. The van der Waals surface area contributed by atoms with E-state index in [2.05, 4.69) is 16.0 Å². The molecule has 2 aromatic rings. The highest BCUT2D eigenvalue weighted by Gasteiger charge is 2.34. The molecule has 3 rings (SSSR count). The molecule has 0 aromatic heterocycles. The molecule has 2 aromatic carbocycles. The molecule has 190 valence electrons. The zero-order valence-electron chi connectivity index (χ0n) is 20.7. The second-order valence-electron chi connectivity index (χ2n) is 7.85. The second kappa shape index (κ2) is 12.2. The van der Waals surface area contributed by atoms with Gasteiger partial charge in [-0.3, -0.25) is 0 Å². The predicted molar refractivity (Wildman–Crippen MR) is 142 cm³/mol. The molecule has 1 atom stereocenters. The van der Waals surface area contributed by atoms with Crippen molar-refractivity contribution < 1.29 is 23.9 Å². The number of nitrogens with zero attached hydrogens (tertiary/aromatic N) is 1. The third kappa shape index (κ3) is 6.19. The normalized spacial score (nSPS) is 15.2. The number of rotatable bonds is 8. The summed E-state index contributed by atoms with van der Waals surface area (Å²) in [6.45, 7) is 8.44. The third-order valence-electron chi connectivity index (χ3n) is 5.54. The lowest BCUT2D eigenvalue weighted by Gasteiger charge is -2.37. The number of benzene rings is 2. The first kappa shape index (κ1) is 26.7. The number of urea groups is 1. The van der Waals surface area contributed by atoms with Gasteiger partial charge in [-0.15, -0.1) is 0 Å². The molecule has 3 N–H and O–H groups in total. The standard InChI is InChI=1S/C26H30N4O5S/c1-5-30-16(4)21(24(32)35-7-3)22(29-26(30)36)18-9-8-10-20(15-18)28-25(33)27-19-13-11-17(12-14-19)23(31)34-6-2/h8-15,22H,5-7H2,1-4H3,(H,29,36)(H2,27,28,33). The summed E-state index contributed by atoms with van der Waals surface area (Å²) >= 11 is 5.52. The average molecular weight is 511 g/mol. The molecule has 0 aliphatic carbocycles. The minimum Gasteiger partial charge on any atom is -0.463 e. The van der Waals surface area contributed by atoms with E-state index >= 15 is 0 Å². The molecule has 0 bridgehead atoms. The number of hydrogen-bond donors (Lipinski definition) is 3.